The number of aryl methyl sites for hydroxylation is 2. The Bertz CT molecular complexity index is 806. The highest BCUT2D eigenvalue weighted by Crippen LogP contribution is 2.29. The van der Waals surface area contributed by atoms with Crippen molar-refractivity contribution < 1.29 is 9.59 Å². The molecule has 0 radical (unpaired) electrons. The fourth-order valence-corrected chi connectivity index (χ4v) is 2.91. The largest absolute Gasteiger partial charge is 0.326 e. The van der Waals surface area contributed by atoms with Crippen LogP contribution in [0.5, 0.6) is 0 Å². The smallest absolute Gasteiger partial charge is 0.226 e. The van der Waals surface area contributed by atoms with Gasteiger partial charge in [0.1, 0.15) is 0 Å². The molecule has 0 aliphatic carbocycles. The van der Waals surface area contributed by atoms with E-state index in [-0.39, 0.29) is 24.8 Å². The molecule has 6 heteroatoms. The van der Waals surface area contributed by atoms with Crippen molar-refractivity contribution in [3.05, 3.63) is 57.6 Å². The van der Waals surface area contributed by atoms with Crippen molar-refractivity contribution in [3.8, 4) is 0 Å². The van der Waals surface area contributed by atoms with Crippen molar-refractivity contribution in [2.75, 3.05) is 16.8 Å². The molecule has 0 saturated heterocycles. The first-order chi connectivity index (χ1) is 11.8. The fourth-order valence-electron chi connectivity index (χ4n) is 2.40. The molecular weight excluding hydrogens is 359 g/mol. The summed E-state index contributed by atoms with van der Waals surface area (Å²) in [5.74, 6) is -0.359. The van der Waals surface area contributed by atoms with Gasteiger partial charge in [-0.05, 0) is 55.3 Å². The van der Waals surface area contributed by atoms with E-state index in [1.165, 1.54) is 11.8 Å². The Hall–Kier alpha value is -2.04. The lowest BCUT2D eigenvalue weighted by atomic mass is 10.1. The third kappa shape index (κ3) is 5.21. The summed E-state index contributed by atoms with van der Waals surface area (Å²) in [5, 5.41) is 3.71. The average Bonchev–Trinajstić information content (AvgIpc) is 2.52. The Morgan fingerprint density at radius 1 is 1.04 bits per heavy atom. The number of benzene rings is 2. The van der Waals surface area contributed by atoms with Crippen LogP contribution in [0, 0.1) is 13.8 Å². The highest BCUT2D eigenvalue weighted by Gasteiger charge is 2.16. The van der Waals surface area contributed by atoms with Crippen LogP contribution in [0.1, 0.15) is 24.5 Å². The summed E-state index contributed by atoms with van der Waals surface area (Å²) < 4.78 is 0. The van der Waals surface area contributed by atoms with E-state index in [9.17, 15) is 9.59 Å². The van der Waals surface area contributed by atoms with Crippen LogP contribution in [-0.2, 0) is 9.59 Å². The molecule has 132 valence electrons. The predicted molar refractivity (Wildman–Crippen MR) is 104 cm³/mol. The highest BCUT2D eigenvalue weighted by atomic mass is 35.5. The van der Waals surface area contributed by atoms with Crippen molar-refractivity contribution in [2.24, 2.45) is 0 Å². The Morgan fingerprint density at radius 3 is 2.36 bits per heavy atom. The maximum Gasteiger partial charge on any atom is 0.226 e. The molecule has 1 N–H and O–H groups in total. The van der Waals surface area contributed by atoms with Crippen LogP contribution in [-0.4, -0.2) is 18.4 Å². The zero-order valence-electron chi connectivity index (χ0n) is 14.4. The van der Waals surface area contributed by atoms with Gasteiger partial charge in [0.05, 0.1) is 10.7 Å². The second kappa shape index (κ2) is 8.37. The third-order valence-electron chi connectivity index (χ3n) is 3.93. The van der Waals surface area contributed by atoms with E-state index in [1.54, 1.807) is 18.2 Å². The van der Waals surface area contributed by atoms with Crippen LogP contribution in [0.25, 0.3) is 0 Å². The normalized spacial score (nSPS) is 10.4. The summed E-state index contributed by atoms with van der Waals surface area (Å²) >= 11 is 12.1. The van der Waals surface area contributed by atoms with Gasteiger partial charge in [-0.15, -0.1) is 0 Å². The van der Waals surface area contributed by atoms with E-state index in [2.05, 4.69) is 5.32 Å². The summed E-state index contributed by atoms with van der Waals surface area (Å²) in [5.41, 5.74) is 3.55. The average molecular weight is 379 g/mol. The summed E-state index contributed by atoms with van der Waals surface area (Å²) in [6.45, 7) is 5.67. The predicted octanol–water partition coefficient (Wildman–Crippen LogP) is 4.99. The summed E-state index contributed by atoms with van der Waals surface area (Å²) in [7, 11) is 0. The Labute approximate surface area is 157 Å². The second-order valence-corrected chi connectivity index (χ2v) is 6.71. The minimum absolute atomic E-state index is 0.158. The molecule has 2 aromatic carbocycles. The topological polar surface area (TPSA) is 49.4 Å². The zero-order chi connectivity index (χ0) is 18.6. The number of carbonyl (C=O) groups is 2. The Morgan fingerprint density at radius 2 is 1.76 bits per heavy atom. The first kappa shape index (κ1) is 19.3. The van der Waals surface area contributed by atoms with Crippen LogP contribution < -0.4 is 10.2 Å². The Kier molecular flexibility index (Phi) is 6.45. The number of amides is 2. The molecule has 0 aliphatic rings. The Balaban J connectivity index is 2.04. The second-order valence-electron chi connectivity index (χ2n) is 5.86. The maximum absolute atomic E-state index is 12.2. The molecule has 2 aromatic rings. The number of nitrogens with one attached hydrogen (secondary N) is 1. The molecule has 4 nitrogen and oxygen atoms in total. The molecule has 0 atom stereocenters. The van der Waals surface area contributed by atoms with E-state index in [0.717, 1.165) is 16.8 Å². The quantitative estimate of drug-likeness (QED) is 0.796. The minimum Gasteiger partial charge on any atom is -0.326 e. The van der Waals surface area contributed by atoms with Crippen molar-refractivity contribution in [3.63, 3.8) is 0 Å². The van der Waals surface area contributed by atoms with Crippen molar-refractivity contribution in [2.45, 2.75) is 27.2 Å². The standard InChI is InChI=1S/C19H20Cl2N2O2/c1-12-4-6-16(10-13(12)2)22-19(25)8-9-23(14(3)24)18-7-5-15(20)11-17(18)21/h4-7,10-11H,8-9H2,1-3H3,(H,22,25). The number of rotatable bonds is 5. The molecule has 25 heavy (non-hydrogen) atoms. The molecule has 0 saturated carbocycles. The van der Waals surface area contributed by atoms with Gasteiger partial charge < -0.3 is 10.2 Å². The molecule has 0 heterocycles. The van der Waals surface area contributed by atoms with Crippen molar-refractivity contribution in [1.82, 2.24) is 0 Å². The maximum atomic E-state index is 12.2. The monoisotopic (exact) mass is 378 g/mol. The summed E-state index contributed by atoms with van der Waals surface area (Å²) in [4.78, 5) is 25.6. The number of nitrogens with zero attached hydrogens (tertiary/aromatic N) is 1. The number of halogens is 2. The minimum atomic E-state index is -0.191. The van der Waals surface area contributed by atoms with Crippen LogP contribution >= 0.6 is 23.2 Å². The molecular formula is C19H20Cl2N2O2. The molecule has 0 fully saturated rings. The van der Waals surface area contributed by atoms with Gasteiger partial charge in [0, 0.05) is 30.6 Å². The zero-order valence-corrected chi connectivity index (χ0v) is 15.9. The van der Waals surface area contributed by atoms with Gasteiger partial charge in [-0.3, -0.25) is 9.59 Å². The van der Waals surface area contributed by atoms with Crippen molar-refractivity contribution >= 4 is 46.4 Å². The van der Waals surface area contributed by atoms with Gasteiger partial charge >= 0.3 is 0 Å². The van der Waals surface area contributed by atoms with E-state index >= 15 is 0 Å². The van der Waals surface area contributed by atoms with Crippen molar-refractivity contribution in [1.29, 1.82) is 0 Å². The molecule has 2 amide bonds. The van der Waals surface area contributed by atoms with Gasteiger partial charge in [-0.25, -0.2) is 0 Å². The molecule has 0 aromatic heterocycles. The van der Waals surface area contributed by atoms with E-state index in [1.807, 2.05) is 32.0 Å². The first-order valence-electron chi connectivity index (χ1n) is 7.88. The van der Waals surface area contributed by atoms with Crippen LogP contribution in [0.3, 0.4) is 0 Å². The first-order valence-corrected chi connectivity index (χ1v) is 8.64. The van der Waals surface area contributed by atoms with Crippen LogP contribution in [0.4, 0.5) is 11.4 Å². The fraction of sp³-hybridized carbons (Fsp3) is 0.263. The lowest BCUT2D eigenvalue weighted by molar-refractivity contribution is -0.117. The van der Waals surface area contributed by atoms with Gasteiger partial charge in [0.2, 0.25) is 11.8 Å². The number of hydrogen-bond donors (Lipinski definition) is 1. The molecule has 0 spiro atoms. The highest BCUT2D eigenvalue weighted by molar-refractivity contribution is 6.36. The van der Waals surface area contributed by atoms with E-state index in [4.69, 9.17) is 23.2 Å². The number of carbonyl (C=O) groups excluding carboxylic acids is 2. The number of hydrogen-bond acceptors (Lipinski definition) is 2. The van der Waals surface area contributed by atoms with E-state index < -0.39 is 0 Å². The van der Waals surface area contributed by atoms with Gasteiger partial charge in [0.15, 0.2) is 0 Å². The third-order valence-corrected chi connectivity index (χ3v) is 4.47. The molecule has 2 rings (SSSR count). The molecule has 0 unspecified atom stereocenters. The summed E-state index contributed by atoms with van der Waals surface area (Å²) in [6.07, 6.45) is 0.158. The van der Waals surface area contributed by atoms with Gasteiger partial charge in [-0.2, -0.15) is 0 Å². The van der Waals surface area contributed by atoms with Crippen LogP contribution in [0.2, 0.25) is 10.0 Å². The van der Waals surface area contributed by atoms with Gasteiger partial charge in [-0.1, -0.05) is 29.3 Å². The lowest BCUT2D eigenvalue weighted by Gasteiger charge is -2.22. The van der Waals surface area contributed by atoms with Gasteiger partial charge in [0.25, 0.3) is 0 Å². The molecule has 0 bridgehead atoms. The molecule has 0 aliphatic heterocycles. The number of anilines is 2. The summed E-state index contributed by atoms with van der Waals surface area (Å²) in [6, 6.07) is 10.6. The lowest BCUT2D eigenvalue weighted by Crippen LogP contribution is -2.32. The van der Waals surface area contributed by atoms with Crippen LogP contribution in [0.15, 0.2) is 36.4 Å². The SMILES string of the molecule is CC(=O)N(CCC(=O)Nc1ccc(C)c(C)c1)c1ccc(Cl)cc1Cl. The van der Waals surface area contributed by atoms with E-state index in [0.29, 0.717) is 15.7 Å².